The Hall–Kier alpha value is -2.50. The Morgan fingerprint density at radius 3 is 2.58 bits per heavy atom. The number of anilines is 1. The van der Waals surface area contributed by atoms with Gasteiger partial charge in [0.1, 0.15) is 6.20 Å². The van der Waals surface area contributed by atoms with Gasteiger partial charge in [0.15, 0.2) is 5.69 Å². The molecule has 1 aromatic carbocycles. The maximum absolute atomic E-state index is 11.0. The van der Waals surface area contributed by atoms with E-state index in [2.05, 4.69) is 16.9 Å². The number of aromatic nitrogens is 2. The summed E-state index contributed by atoms with van der Waals surface area (Å²) in [7, 11) is 0. The molecule has 0 saturated heterocycles. The van der Waals surface area contributed by atoms with Crippen LogP contribution in [-0.2, 0) is 6.42 Å². The number of nitro groups is 1. The van der Waals surface area contributed by atoms with Gasteiger partial charge in [-0.25, -0.2) is 9.97 Å². The molecule has 6 nitrogen and oxygen atoms in total. The van der Waals surface area contributed by atoms with Crippen molar-refractivity contribution in [1.82, 2.24) is 9.97 Å². The first-order valence-electron chi connectivity index (χ1n) is 5.98. The molecule has 0 bridgehead atoms. The maximum Gasteiger partial charge on any atom is 0.313 e. The maximum atomic E-state index is 11.0. The molecular weight excluding hydrogens is 244 g/mol. The van der Waals surface area contributed by atoms with E-state index in [4.69, 9.17) is 5.73 Å². The van der Waals surface area contributed by atoms with Crippen molar-refractivity contribution < 1.29 is 4.92 Å². The number of hydrogen-bond donors (Lipinski definition) is 1. The molecule has 0 radical (unpaired) electrons. The minimum Gasteiger partial charge on any atom is -0.368 e. The third-order valence-corrected chi connectivity index (χ3v) is 2.75. The molecule has 0 unspecified atom stereocenters. The van der Waals surface area contributed by atoms with Crippen LogP contribution in [0.3, 0.4) is 0 Å². The fourth-order valence-electron chi connectivity index (χ4n) is 1.85. The fourth-order valence-corrected chi connectivity index (χ4v) is 1.85. The van der Waals surface area contributed by atoms with E-state index in [1.54, 1.807) is 0 Å². The molecule has 0 aliphatic rings. The van der Waals surface area contributed by atoms with Crippen LogP contribution in [-0.4, -0.2) is 14.9 Å². The lowest BCUT2D eigenvalue weighted by Crippen LogP contribution is -2.01. The summed E-state index contributed by atoms with van der Waals surface area (Å²) in [6.07, 6.45) is 3.17. The minimum absolute atomic E-state index is 0.0261. The number of nitrogens with two attached hydrogens (primary N) is 1. The molecule has 0 aliphatic heterocycles. The topological polar surface area (TPSA) is 94.9 Å². The van der Waals surface area contributed by atoms with Crippen molar-refractivity contribution in [3.63, 3.8) is 0 Å². The first kappa shape index (κ1) is 12.9. The van der Waals surface area contributed by atoms with Crippen molar-refractivity contribution in [3.05, 3.63) is 46.1 Å². The van der Waals surface area contributed by atoms with E-state index in [9.17, 15) is 10.1 Å². The first-order valence-corrected chi connectivity index (χ1v) is 5.98. The molecule has 2 rings (SSSR count). The zero-order chi connectivity index (χ0) is 13.8. The second-order valence-electron chi connectivity index (χ2n) is 4.17. The van der Waals surface area contributed by atoms with Crippen molar-refractivity contribution >= 4 is 11.6 Å². The minimum atomic E-state index is -0.505. The van der Waals surface area contributed by atoms with Gasteiger partial charge in [0.05, 0.1) is 4.92 Å². The van der Waals surface area contributed by atoms with Crippen molar-refractivity contribution in [1.29, 1.82) is 0 Å². The highest BCUT2D eigenvalue weighted by Crippen LogP contribution is 2.27. The van der Waals surface area contributed by atoms with Crippen molar-refractivity contribution in [2.24, 2.45) is 0 Å². The van der Waals surface area contributed by atoms with Gasteiger partial charge in [-0.2, -0.15) is 0 Å². The summed E-state index contributed by atoms with van der Waals surface area (Å²) in [5, 5.41) is 11.0. The number of hydrogen-bond acceptors (Lipinski definition) is 5. The van der Waals surface area contributed by atoms with Gasteiger partial charge in [-0.1, -0.05) is 37.6 Å². The van der Waals surface area contributed by atoms with Gasteiger partial charge < -0.3 is 5.73 Å². The standard InChI is InChI=1S/C13H14N4O2/c1-2-3-9-4-6-10(7-5-9)12-11(17(18)19)8-15-13(14)16-12/h4-8H,2-3H2,1H3,(H2,14,15,16). The van der Waals surface area contributed by atoms with E-state index in [0.29, 0.717) is 5.56 Å². The third-order valence-electron chi connectivity index (χ3n) is 2.75. The Bertz CT molecular complexity index is 596. The molecule has 98 valence electrons. The fraction of sp³-hybridized carbons (Fsp3) is 0.231. The Labute approximate surface area is 110 Å². The molecule has 0 fully saturated rings. The summed E-state index contributed by atoms with van der Waals surface area (Å²) in [5.41, 5.74) is 7.46. The van der Waals surface area contributed by atoms with Crippen LogP contribution in [0.5, 0.6) is 0 Å². The quantitative estimate of drug-likeness (QED) is 0.671. The number of aryl methyl sites for hydroxylation is 1. The smallest absolute Gasteiger partial charge is 0.313 e. The van der Waals surface area contributed by atoms with Gasteiger partial charge in [0.2, 0.25) is 5.95 Å². The molecule has 19 heavy (non-hydrogen) atoms. The number of nitrogen functional groups attached to an aromatic ring is 1. The zero-order valence-corrected chi connectivity index (χ0v) is 10.5. The lowest BCUT2D eigenvalue weighted by Gasteiger charge is -2.04. The molecule has 0 atom stereocenters. The average molecular weight is 258 g/mol. The molecule has 6 heteroatoms. The monoisotopic (exact) mass is 258 g/mol. The number of rotatable bonds is 4. The molecular formula is C13H14N4O2. The van der Waals surface area contributed by atoms with E-state index in [-0.39, 0.29) is 17.3 Å². The molecule has 1 heterocycles. The van der Waals surface area contributed by atoms with Gasteiger partial charge in [-0.3, -0.25) is 10.1 Å². The second kappa shape index (κ2) is 5.43. The first-order chi connectivity index (χ1) is 9.11. The summed E-state index contributed by atoms with van der Waals surface area (Å²) in [4.78, 5) is 18.1. The largest absolute Gasteiger partial charge is 0.368 e. The molecule has 0 saturated carbocycles. The molecule has 0 amide bonds. The van der Waals surface area contributed by atoms with Crippen LogP contribution in [0.2, 0.25) is 0 Å². The lowest BCUT2D eigenvalue weighted by molar-refractivity contribution is -0.384. The molecule has 1 aromatic heterocycles. The van der Waals surface area contributed by atoms with E-state index >= 15 is 0 Å². The van der Waals surface area contributed by atoms with Crippen LogP contribution in [0.1, 0.15) is 18.9 Å². The van der Waals surface area contributed by atoms with Gasteiger partial charge >= 0.3 is 5.69 Å². The molecule has 0 spiro atoms. The zero-order valence-electron chi connectivity index (χ0n) is 10.5. The SMILES string of the molecule is CCCc1ccc(-c2nc(N)ncc2[N+](=O)[O-])cc1. The highest BCUT2D eigenvalue weighted by atomic mass is 16.6. The van der Waals surface area contributed by atoms with Crippen LogP contribution >= 0.6 is 0 Å². The van der Waals surface area contributed by atoms with Crippen molar-refractivity contribution in [3.8, 4) is 11.3 Å². The average Bonchev–Trinajstić information content (AvgIpc) is 2.39. The van der Waals surface area contributed by atoms with E-state index < -0.39 is 4.92 Å². The van der Waals surface area contributed by atoms with Crippen LogP contribution in [0, 0.1) is 10.1 Å². The summed E-state index contributed by atoms with van der Waals surface area (Å²) in [6.45, 7) is 2.10. The summed E-state index contributed by atoms with van der Waals surface area (Å²) in [6, 6.07) is 7.53. The summed E-state index contributed by atoms with van der Waals surface area (Å²) >= 11 is 0. The van der Waals surface area contributed by atoms with Gasteiger partial charge in [0.25, 0.3) is 0 Å². The lowest BCUT2D eigenvalue weighted by atomic mass is 10.1. The predicted molar refractivity (Wildman–Crippen MR) is 72.5 cm³/mol. The molecule has 0 aliphatic carbocycles. The highest BCUT2D eigenvalue weighted by molar-refractivity contribution is 5.69. The van der Waals surface area contributed by atoms with Crippen molar-refractivity contribution in [2.45, 2.75) is 19.8 Å². The van der Waals surface area contributed by atoms with E-state index in [1.165, 1.54) is 5.56 Å². The van der Waals surface area contributed by atoms with Crippen LogP contribution in [0.15, 0.2) is 30.5 Å². The Balaban J connectivity index is 2.45. The third kappa shape index (κ3) is 2.85. The molecule has 2 aromatic rings. The van der Waals surface area contributed by atoms with Gasteiger partial charge in [-0.05, 0) is 12.0 Å². The highest BCUT2D eigenvalue weighted by Gasteiger charge is 2.18. The van der Waals surface area contributed by atoms with Crippen molar-refractivity contribution in [2.75, 3.05) is 5.73 Å². The second-order valence-corrected chi connectivity index (χ2v) is 4.17. The molecule has 2 N–H and O–H groups in total. The number of nitrogens with zero attached hydrogens (tertiary/aromatic N) is 3. The van der Waals surface area contributed by atoms with Crippen LogP contribution < -0.4 is 5.73 Å². The Kier molecular flexibility index (Phi) is 3.70. The number of benzene rings is 1. The Morgan fingerprint density at radius 1 is 1.32 bits per heavy atom. The van der Waals surface area contributed by atoms with Crippen LogP contribution in [0.25, 0.3) is 11.3 Å². The van der Waals surface area contributed by atoms with E-state index in [0.717, 1.165) is 19.0 Å². The van der Waals surface area contributed by atoms with E-state index in [1.807, 2.05) is 24.3 Å². The van der Waals surface area contributed by atoms with Gasteiger partial charge in [0, 0.05) is 5.56 Å². The normalized spacial score (nSPS) is 10.4. The van der Waals surface area contributed by atoms with Crippen LogP contribution in [0.4, 0.5) is 11.6 Å². The predicted octanol–water partition coefficient (Wildman–Crippen LogP) is 2.59. The van der Waals surface area contributed by atoms with Gasteiger partial charge in [-0.15, -0.1) is 0 Å². The summed E-state index contributed by atoms with van der Waals surface area (Å²) in [5.74, 6) is 0.0261. The summed E-state index contributed by atoms with van der Waals surface area (Å²) < 4.78 is 0. The Morgan fingerprint density at radius 2 is 2.00 bits per heavy atom.